The molecule has 0 bridgehead atoms. The largest absolute Gasteiger partial charge is 0.467 e. The van der Waals surface area contributed by atoms with Crippen LogP contribution in [0.1, 0.15) is 21.9 Å². The highest BCUT2D eigenvalue weighted by atomic mass is 16.5. The highest BCUT2D eigenvalue weighted by molar-refractivity contribution is 6.03. The maximum Gasteiger partial charge on any atom is 0.316 e. The number of imidazole rings is 1. The van der Waals surface area contributed by atoms with Crippen molar-refractivity contribution in [2.75, 3.05) is 25.5 Å². The molecule has 2 aromatic heterocycles. The third-order valence-electron chi connectivity index (χ3n) is 4.76. The molecule has 0 saturated heterocycles. The number of ether oxygens (including phenoxy) is 1. The molecule has 0 unspecified atom stereocenters. The fraction of sp³-hybridized carbons (Fsp3) is 0.300. The Morgan fingerprint density at radius 3 is 2.61 bits per heavy atom. The van der Waals surface area contributed by atoms with Gasteiger partial charge in [0, 0.05) is 56.2 Å². The number of amides is 1. The Kier molecular flexibility index (Phi) is 5.29. The molecule has 1 amide bonds. The number of para-hydroxylation sites is 1. The molecule has 0 radical (unpaired) electrons. The van der Waals surface area contributed by atoms with Gasteiger partial charge in [0.2, 0.25) is 0 Å². The van der Waals surface area contributed by atoms with Crippen LogP contribution in [0.3, 0.4) is 0 Å². The monoisotopic (exact) mass is 378 g/mol. The van der Waals surface area contributed by atoms with E-state index in [0.29, 0.717) is 18.2 Å². The zero-order valence-electron chi connectivity index (χ0n) is 15.7. The minimum absolute atomic E-state index is 0.137. The smallest absolute Gasteiger partial charge is 0.316 e. The van der Waals surface area contributed by atoms with Gasteiger partial charge in [0.15, 0.2) is 0 Å². The molecule has 144 valence electrons. The Labute approximate surface area is 163 Å². The van der Waals surface area contributed by atoms with Crippen LogP contribution in [0.2, 0.25) is 0 Å². The summed E-state index contributed by atoms with van der Waals surface area (Å²) in [5, 5.41) is 2.93. The number of nitrogens with zero attached hydrogens (tertiary/aromatic N) is 5. The first-order valence-electron chi connectivity index (χ1n) is 9.21. The predicted octanol–water partition coefficient (Wildman–Crippen LogP) is 1.99. The highest BCUT2D eigenvalue weighted by Crippen LogP contribution is 2.16. The molecule has 0 saturated carbocycles. The second-order valence-electron chi connectivity index (χ2n) is 6.64. The van der Waals surface area contributed by atoms with E-state index in [1.807, 2.05) is 34.9 Å². The van der Waals surface area contributed by atoms with Crippen LogP contribution < -0.4 is 10.1 Å². The molecule has 3 heterocycles. The van der Waals surface area contributed by atoms with Crippen molar-refractivity contribution >= 4 is 11.6 Å². The number of anilines is 1. The van der Waals surface area contributed by atoms with E-state index in [4.69, 9.17) is 4.74 Å². The number of methoxy groups -OCH3 is 1. The van der Waals surface area contributed by atoms with Gasteiger partial charge in [-0.3, -0.25) is 9.69 Å². The molecule has 3 aromatic rings. The summed E-state index contributed by atoms with van der Waals surface area (Å²) in [6, 6.07) is 9.82. The van der Waals surface area contributed by atoms with Crippen molar-refractivity contribution in [2.24, 2.45) is 0 Å². The van der Waals surface area contributed by atoms with E-state index in [0.717, 1.165) is 43.1 Å². The standard InChI is InChI=1S/C20H22N6O2/c1-28-20-22-11-15(12-23-20)14-25-8-7-18-21-13-17(26(18)10-9-25)19(27)24-16-5-3-2-4-6-16/h2-6,11-13H,7-10,14H2,1H3,(H,24,27). The van der Waals surface area contributed by atoms with Crippen molar-refractivity contribution in [1.82, 2.24) is 24.4 Å². The molecule has 8 heteroatoms. The van der Waals surface area contributed by atoms with Crippen molar-refractivity contribution < 1.29 is 9.53 Å². The maximum absolute atomic E-state index is 12.7. The van der Waals surface area contributed by atoms with Crippen LogP contribution in [0.4, 0.5) is 5.69 Å². The van der Waals surface area contributed by atoms with Crippen molar-refractivity contribution in [3.63, 3.8) is 0 Å². The average Bonchev–Trinajstić information content (AvgIpc) is 3.04. The Bertz CT molecular complexity index is 939. The quantitative estimate of drug-likeness (QED) is 0.731. The Hall–Kier alpha value is -3.26. The van der Waals surface area contributed by atoms with Gasteiger partial charge < -0.3 is 14.6 Å². The lowest BCUT2D eigenvalue weighted by atomic mass is 10.3. The molecule has 28 heavy (non-hydrogen) atoms. The lowest BCUT2D eigenvalue weighted by molar-refractivity contribution is 0.101. The van der Waals surface area contributed by atoms with Gasteiger partial charge in [-0.2, -0.15) is 0 Å². The second-order valence-corrected chi connectivity index (χ2v) is 6.64. The number of aromatic nitrogens is 4. The van der Waals surface area contributed by atoms with Gasteiger partial charge in [-0.25, -0.2) is 15.0 Å². The van der Waals surface area contributed by atoms with Crippen LogP contribution in [-0.4, -0.2) is 50.5 Å². The topological polar surface area (TPSA) is 85.2 Å². The summed E-state index contributed by atoms with van der Waals surface area (Å²) in [5.74, 6) is 0.800. The molecule has 0 fully saturated rings. The van der Waals surface area contributed by atoms with Gasteiger partial charge in [0.1, 0.15) is 11.5 Å². The van der Waals surface area contributed by atoms with Crippen LogP contribution in [-0.2, 0) is 19.5 Å². The van der Waals surface area contributed by atoms with Crippen LogP contribution in [0.15, 0.2) is 48.9 Å². The van der Waals surface area contributed by atoms with Crippen molar-refractivity contribution in [2.45, 2.75) is 19.5 Å². The fourth-order valence-electron chi connectivity index (χ4n) is 3.32. The fourth-order valence-corrected chi connectivity index (χ4v) is 3.32. The third kappa shape index (κ3) is 4.01. The minimum Gasteiger partial charge on any atom is -0.467 e. The van der Waals surface area contributed by atoms with Crippen LogP contribution in [0, 0.1) is 0 Å². The molecule has 0 spiro atoms. The molecule has 0 atom stereocenters. The minimum atomic E-state index is -0.137. The molecule has 1 aliphatic heterocycles. The normalized spacial score (nSPS) is 14.2. The number of nitrogens with one attached hydrogen (secondary N) is 1. The molecular weight excluding hydrogens is 356 g/mol. The van der Waals surface area contributed by atoms with E-state index in [1.165, 1.54) is 0 Å². The molecule has 1 aliphatic rings. The second kappa shape index (κ2) is 8.18. The number of benzene rings is 1. The molecule has 1 N–H and O–H groups in total. The van der Waals surface area contributed by atoms with E-state index >= 15 is 0 Å². The zero-order valence-corrected chi connectivity index (χ0v) is 15.7. The number of hydrogen-bond acceptors (Lipinski definition) is 6. The van der Waals surface area contributed by atoms with Crippen LogP contribution in [0.25, 0.3) is 0 Å². The van der Waals surface area contributed by atoms with E-state index in [2.05, 4.69) is 25.2 Å². The van der Waals surface area contributed by atoms with E-state index < -0.39 is 0 Å². The first kappa shape index (κ1) is 18.1. The number of carbonyl (C=O) groups is 1. The zero-order chi connectivity index (χ0) is 19.3. The van der Waals surface area contributed by atoms with Gasteiger partial charge in [-0.1, -0.05) is 18.2 Å². The molecule has 1 aromatic carbocycles. The van der Waals surface area contributed by atoms with Crippen molar-refractivity contribution in [3.05, 3.63) is 66.0 Å². The number of fused-ring (bicyclic) bond motifs is 1. The number of hydrogen-bond donors (Lipinski definition) is 1. The van der Waals surface area contributed by atoms with Crippen LogP contribution in [0.5, 0.6) is 6.01 Å². The van der Waals surface area contributed by atoms with E-state index in [-0.39, 0.29) is 5.91 Å². The third-order valence-corrected chi connectivity index (χ3v) is 4.76. The van der Waals surface area contributed by atoms with E-state index in [9.17, 15) is 4.79 Å². The predicted molar refractivity (Wildman–Crippen MR) is 104 cm³/mol. The van der Waals surface area contributed by atoms with E-state index in [1.54, 1.807) is 25.7 Å². The lowest BCUT2D eigenvalue weighted by Gasteiger charge is -2.19. The van der Waals surface area contributed by atoms with Gasteiger partial charge in [-0.05, 0) is 12.1 Å². The maximum atomic E-state index is 12.7. The molecule has 0 aliphatic carbocycles. The molecule has 8 nitrogen and oxygen atoms in total. The molecular formula is C20H22N6O2. The van der Waals surface area contributed by atoms with Crippen molar-refractivity contribution in [1.29, 1.82) is 0 Å². The van der Waals surface area contributed by atoms with Gasteiger partial charge >= 0.3 is 6.01 Å². The average molecular weight is 378 g/mol. The number of rotatable bonds is 5. The Morgan fingerprint density at radius 2 is 1.86 bits per heavy atom. The summed E-state index contributed by atoms with van der Waals surface area (Å²) in [4.78, 5) is 27.8. The first-order valence-corrected chi connectivity index (χ1v) is 9.21. The molecule has 4 rings (SSSR count). The number of carbonyl (C=O) groups excluding carboxylic acids is 1. The van der Waals surface area contributed by atoms with Crippen molar-refractivity contribution in [3.8, 4) is 6.01 Å². The Balaban J connectivity index is 1.42. The summed E-state index contributed by atoms with van der Waals surface area (Å²) in [6.45, 7) is 3.15. The first-order chi connectivity index (χ1) is 13.7. The summed E-state index contributed by atoms with van der Waals surface area (Å²) < 4.78 is 7.02. The SMILES string of the molecule is COc1ncc(CN2CCc3ncc(C(=O)Nc4ccccc4)n3CC2)cn1. The van der Waals surface area contributed by atoms with Gasteiger partial charge in [0.05, 0.1) is 13.3 Å². The van der Waals surface area contributed by atoms with Gasteiger partial charge in [-0.15, -0.1) is 0 Å². The highest BCUT2D eigenvalue weighted by Gasteiger charge is 2.21. The van der Waals surface area contributed by atoms with Gasteiger partial charge in [0.25, 0.3) is 5.91 Å². The summed E-state index contributed by atoms with van der Waals surface area (Å²) in [7, 11) is 1.55. The lowest BCUT2D eigenvalue weighted by Crippen LogP contribution is -2.27. The van der Waals surface area contributed by atoms with Crippen LogP contribution >= 0.6 is 0 Å². The summed E-state index contributed by atoms with van der Waals surface area (Å²) >= 11 is 0. The summed E-state index contributed by atoms with van der Waals surface area (Å²) in [6.07, 6.45) is 6.03. The summed E-state index contributed by atoms with van der Waals surface area (Å²) in [5.41, 5.74) is 2.40. The Morgan fingerprint density at radius 1 is 1.07 bits per heavy atom.